The molecule has 0 fully saturated rings. The fourth-order valence-corrected chi connectivity index (χ4v) is 7.31. The molecule has 0 aliphatic rings. The van der Waals surface area contributed by atoms with Crippen molar-refractivity contribution in [1.82, 2.24) is 14.1 Å². The van der Waals surface area contributed by atoms with Crippen LogP contribution in [0.25, 0.3) is 66.1 Å². The summed E-state index contributed by atoms with van der Waals surface area (Å²) in [5.74, 6) is 0. The smallest absolute Gasteiger partial charge is 0.309 e. The zero-order valence-electron chi connectivity index (χ0n) is 29.0. The summed E-state index contributed by atoms with van der Waals surface area (Å²) in [7, 11) is 0. The Bertz CT molecular complexity index is 2610. The summed E-state index contributed by atoms with van der Waals surface area (Å²) in [6, 6.07) is 35.3. The van der Waals surface area contributed by atoms with Gasteiger partial charge in [0.1, 0.15) is 0 Å². The van der Waals surface area contributed by atoms with E-state index in [2.05, 4.69) is 110 Å². The normalized spacial score (nSPS) is 12.9. The molecule has 0 unspecified atom stereocenters. The fourth-order valence-electron chi connectivity index (χ4n) is 7.31. The van der Waals surface area contributed by atoms with Gasteiger partial charge in [0.25, 0.3) is 0 Å². The molecule has 0 aliphatic carbocycles. The maximum atomic E-state index is 14.5. The Morgan fingerprint density at radius 1 is 0.460 bits per heavy atom. The first-order chi connectivity index (χ1) is 23.7. The third-order valence-corrected chi connectivity index (χ3v) is 9.97. The lowest BCUT2D eigenvalue weighted by Crippen LogP contribution is -2.10. The van der Waals surface area contributed by atoms with Gasteiger partial charge in [-0.2, -0.15) is 13.2 Å². The van der Waals surface area contributed by atoms with Crippen LogP contribution in [0.2, 0.25) is 0 Å². The SMILES string of the molecule is CC(C)(C)c1ccc2c(c1)c1ccccc1n2-c1ccncc1-c1cc(C(F)(F)F)ccc1-n1c2ccccc2c2cc(C(C)(C)C)ccc21. The monoisotopic (exact) mass is 665 g/mol. The number of halogens is 3. The van der Waals surface area contributed by atoms with Crippen LogP contribution in [0.1, 0.15) is 58.2 Å². The maximum absolute atomic E-state index is 14.5. The lowest BCUT2D eigenvalue weighted by Gasteiger charge is -2.21. The van der Waals surface area contributed by atoms with E-state index in [9.17, 15) is 13.2 Å². The number of benzene rings is 5. The van der Waals surface area contributed by atoms with Crippen molar-refractivity contribution in [2.24, 2.45) is 0 Å². The molecule has 0 bridgehead atoms. The van der Waals surface area contributed by atoms with E-state index in [0.717, 1.165) is 49.3 Å². The first-order valence-electron chi connectivity index (χ1n) is 17.0. The molecule has 0 N–H and O–H groups in total. The van der Waals surface area contributed by atoms with E-state index in [1.165, 1.54) is 23.3 Å². The molecule has 0 radical (unpaired) electrons. The molecule has 8 aromatic rings. The van der Waals surface area contributed by atoms with Crippen molar-refractivity contribution in [3.63, 3.8) is 0 Å². The highest BCUT2D eigenvalue weighted by molar-refractivity contribution is 6.11. The molecule has 5 aromatic carbocycles. The summed E-state index contributed by atoms with van der Waals surface area (Å²) >= 11 is 0. The van der Waals surface area contributed by atoms with Crippen LogP contribution in [-0.2, 0) is 17.0 Å². The summed E-state index contributed by atoms with van der Waals surface area (Å²) in [6.07, 6.45) is -1.12. The molecular formula is C44H38F3N3. The van der Waals surface area contributed by atoms with Gasteiger partial charge in [-0.25, -0.2) is 0 Å². The van der Waals surface area contributed by atoms with Gasteiger partial charge in [0, 0.05) is 45.1 Å². The van der Waals surface area contributed by atoms with Crippen LogP contribution in [0.4, 0.5) is 13.2 Å². The Morgan fingerprint density at radius 2 is 0.920 bits per heavy atom. The molecule has 8 rings (SSSR count). The van der Waals surface area contributed by atoms with Gasteiger partial charge >= 0.3 is 6.18 Å². The topological polar surface area (TPSA) is 22.8 Å². The van der Waals surface area contributed by atoms with Gasteiger partial charge in [-0.15, -0.1) is 0 Å². The highest BCUT2D eigenvalue weighted by Crippen LogP contribution is 2.43. The highest BCUT2D eigenvalue weighted by Gasteiger charge is 2.32. The molecular weight excluding hydrogens is 627 g/mol. The predicted octanol–water partition coefficient (Wildman–Crippen LogP) is 12.6. The standard InChI is InChI=1S/C44H38F3N3/c1-42(2,3)27-15-18-38-32(23-27)30-11-7-9-13-36(30)49(38)40-20-17-29(44(45,46)47)25-34(40)35-26-48-22-21-41(35)50-37-14-10-8-12-31(37)33-24-28(43(4,5)6)16-19-39(33)50/h7-26H,1-6H3. The van der Waals surface area contributed by atoms with Crippen LogP contribution in [0.15, 0.2) is 122 Å². The molecule has 50 heavy (non-hydrogen) atoms. The van der Waals surface area contributed by atoms with Crippen molar-refractivity contribution in [1.29, 1.82) is 0 Å². The van der Waals surface area contributed by atoms with Crippen molar-refractivity contribution >= 4 is 43.6 Å². The molecule has 3 aromatic heterocycles. The lowest BCUT2D eigenvalue weighted by molar-refractivity contribution is -0.137. The molecule has 3 heterocycles. The van der Waals surface area contributed by atoms with Gasteiger partial charge in [-0.05, 0) is 82.6 Å². The quantitative estimate of drug-likeness (QED) is 0.184. The first kappa shape index (κ1) is 31.9. The average molecular weight is 666 g/mol. The van der Waals surface area contributed by atoms with Crippen molar-refractivity contribution < 1.29 is 13.2 Å². The third-order valence-electron chi connectivity index (χ3n) is 9.97. The Labute approximate surface area is 289 Å². The van der Waals surface area contributed by atoms with Crippen LogP contribution in [0, 0.1) is 0 Å². The zero-order chi connectivity index (χ0) is 35.2. The van der Waals surface area contributed by atoms with Crippen molar-refractivity contribution in [3.05, 3.63) is 138 Å². The summed E-state index contributed by atoms with van der Waals surface area (Å²) in [6.45, 7) is 13.1. The van der Waals surface area contributed by atoms with Gasteiger partial charge in [0.15, 0.2) is 0 Å². The minimum atomic E-state index is -4.53. The molecule has 3 nitrogen and oxygen atoms in total. The number of rotatable bonds is 3. The molecule has 0 spiro atoms. The minimum absolute atomic E-state index is 0.0535. The molecule has 0 saturated carbocycles. The highest BCUT2D eigenvalue weighted by atomic mass is 19.4. The number of nitrogens with zero attached hydrogens (tertiary/aromatic N) is 3. The van der Waals surface area contributed by atoms with Crippen LogP contribution in [-0.4, -0.2) is 14.1 Å². The molecule has 6 heteroatoms. The van der Waals surface area contributed by atoms with Crippen LogP contribution in [0.3, 0.4) is 0 Å². The van der Waals surface area contributed by atoms with E-state index in [-0.39, 0.29) is 10.8 Å². The maximum Gasteiger partial charge on any atom is 0.416 e. The number of pyridine rings is 1. The van der Waals surface area contributed by atoms with E-state index in [1.54, 1.807) is 18.5 Å². The Kier molecular flexibility index (Phi) is 7.06. The zero-order valence-corrected chi connectivity index (χ0v) is 29.0. The lowest BCUT2D eigenvalue weighted by atomic mass is 9.86. The van der Waals surface area contributed by atoms with Crippen molar-refractivity contribution in [2.45, 2.75) is 58.5 Å². The summed E-state index contributed by atoms with van der Waals surface area (Å²) in [5, 5.41) is 4.28. The van der Waals surface area contributed by atoms with Crippen molar-refractivity contribution in [3.8, 4) is 22.5 Å². The van der Waals surface area contributed by atoms with Gasteiger partial charge in [-0.1, -0.05) is 90.1 Å². The number of alkyl halides is 3. The summed E-state index contributed by atoms with van der Waals surface area (Å²) < 4.78 is 47.8. The van der Waals surface area contributed by atoms with E-state index in [0.29, 0.717) is 16.8 Å². The van der Waals surface area contributed by atoms with Crippen LogP contribution < -0.4 is 0 Å². The second-order valence-electron chi connectivity index (χ2n) is 15.3. The van der Waals surface area contributed by atoms with Crippen molar-refractivity contribution in [2.75, 3.05) is 0 Å². The Balaban J connectivity index is 1.46. The van der Waals surface area contributed by atoms with Crippen LogP contribution >= 0.6 is 0 Å². The number of hydrogen-bond donors (Lipinski definition) is 0. The molecule has 0 aliphatic heterocycles. The molecule has 0 amide bonds. The van der Waals surface area contributed by atoms with E-state index < -0.39 is 11.7 Å². The van der Waals surface area contributed by atoms with Gasteiger partial charge in [-0.3, -0.25) is 4.98 Å². The largest absolute Gasteiger partial charge is 0.416 e. The number of fused-ring (bicyclic) bond motifs is 6. The Morgan fingerprint density at radius 3 is 1.42 bits per heavy atom. The third kappa shape index (κ3) is 5.08. The first-order valence-corrected chi connectivity index (χ1v) is 17.0. The Hall–Kier alpha value is -5.36. The van der Waals surface area contributed by atoms with Gasteiger partial charge in [0.2, 0.25) is 0 Å². The second kappa shape index (κ2) is 11.1. The molecule has 250 valence electrons. The van der Waals surface area contributed by atoms with E-state index in [4.69, 9.17) is 0 Å². The fraction of sp³-hybridized carbons (Fsp3) is 0.205. The minimum Gasteiger partial charge on any atom is -0.309 e. The summed E-state index contributed by atoms with van der Waals surface area (Å²) in [5.41, 5.74) is 7.83. The molecule has 0 saturated heterocycles. The van der Waals surface area contributed by atoms with E-state index in [1.807, 2.05) is 36.4 Å². The number of para-hydroxylation sites is 2. The average Bonchev–Trinajstić information content (AvgIpc) is 3.59. The van der Waals surface area contributed by atoms with Gasteiger partial charge in [0.05, 0.1) is 39.0 Å². The molecule has 0 atom stereocenters. The number of aromatic nitrogens is 3. The second-order valence-corrected chi connectivity index (χ2v) is 15.3. The van der Waals surface area contributed by atoms with Crippen LogP contribution in [0.5, 0.6) is 0 Å². The van der Waals surface area contributed by atoms with Gasteiger partial charge < -0.3 is 9.13 Å². The predicted molar refractivity (Wildman–Crippen MR) is 201 cm³/mol. The van der Waals surface area contributed by atoms with E-state index >= 15 is 0 Å². The number of hydrogen-bond acceptors (Lipinski definition) is 1. The summed E-state index contributed by atoms with van der Waals surface area (Å²) in [4.78, 5) is 4.51.